The van der Waals surface area contributed by atoms with Crippen LogP contribution in [0.2, 0.25) is 0 Å². The standard InChI is InChI=1S/C18H23NO3/c1-3-22-18(21)16-10-12-19(13-11-16)17(20)9-8-15-6-4-14(2)5-7-15/h4-9,16H,3,10-13H2,1-2H3/b9-8+. The normalized spacial score (nSPS) is 16.0. The average molecular weight is 301 g/mol. The van der Waals surface area contributed by atoms with Crippen LogP contribution in [-0.4, -0.2) is 36.5 Å². The van der Waals surface area contributed by atoms with Crippen molar-refractivity contribution < 1.29 is 14.3 Å². The lowest BCUT2D eigenvalue weighted by molar-refractivity contribution is -0.150. The van der Waals surface area contributed by atoms with Crippen LogP contribution in [0.5, 0.6) is 0 Å². The zero-order chi connectivity index (χ0) is 15.9. The maximum atomic E-state index is 12.2. The monoisotopic (exact) mass is 301 g/mol. The van der Waals surface area contributed by atoms with Gasteiger partial charge in [0.05, 0.1) is 12.5 Å². The number of benzene rings is 1. The molecule has 1 fully saturated rings. The van der Waals surface area contributed by atoms with E-state index < -0.39 is 0 Å². The topological polar surface area (TPSA) is 46.6 Å². The summed E-state index contributed by atoms with van der Waals surface area (Å²) in [7, 11) is 0. The number of aryl methyl sites for hydroxylation is 1. The molecule has 1 aromatic carbocycles. The molecular weight excluding hydrogens is 278 g/mol. The van der Waals surface area contributed by atoms with Gasteiger partial charge in [-0.05, 0) is 38.3 Å². The van der Waals surface area contributed by atoms with Gasteiger partial charge in [0, 0.05) is 19.2 Å². The molecule has 1 saturated heterocycles. The minimum absolute atomic E-state index is 0.00267. The number of rotatable bonds is 4. The summed E-state index contributed by atoms with van der Waals surface area (Å²) in [6, 6.07) is 8.03. The summed E-state index contributed by atoms with van der Waals surface area (Å²) in [4.78, 5) is 25.6. The third kappa shape index (κ3) is 4.45. The lowest BCUT2D eigenvalue weighted by Crippen LogP contribution is -2.39. The van der Waals surface area contributed by atoms with Gasteiger partial charge >= 0.3 is 5.97 Å². The molecule has 0 radical (unpaired) electrons. The van der Waals surface area contributed by atoms with Gasteiger partial charge < -0.3 is 9.64 Å². The van der Waals surface area contributed by atoms with Crippen molar-refractivity contribution >= 4 is 18.0 Å². The molecule has 1 aromatic rings. The Bertz CT molecular complexity index is 540. The predicted octanol–water partition coefficient (Wildman–Crippen LogP) is 2.81. The summed E-state index contributed by atoms with van der Waals surface area (Å²) in [5, 5.41) is 0. The number of carbonyl (C=O) groups excluding carboxylic acids is 2. The molecule has 1 aliphatic rings. The Labute approximate surface area is 131 Å². The highest BCUT2D eigenvalue weighted by atomic mass is 16.5. The molecule has 1 heterocycles. The summed E-state index contributed by atoms with van der Waals surface area (Å²) in [5.74, 6) is -0.197. The van der Waals surface area contributed by atoms with E-state index in [0.29, 0.717) is 32.5 Å². The average Bonchev–Trinajstić information content (AvgIpc) is 2.54. The van der Waals surface area contributed by atoms with Gasteiger partial charge in [0.1, 0.15) is 0 Å². The Morgan fingerprint density at radius 3 is 2.45 bits per heavy atom. The van der Waals surface area contributed by atoms with Gasteiger partial charge in [-0.15, -0.1) is 0 Å². The molecule has 0 aromatic heterocycles. The van der Waals surface area contributed by atoms with Crippen LogP contribution in [0.4, 0.5) is 0 Å². The van der Waals surface area contributed by atoms with E-state index in [0.717, 1.165) is 5.56 Å². The first-order valence-corrected chi connectivity index (χ1v) is 7.80. The van der Waals surface area contributed by atoms with Crippen LogP contribution >= 0.6 is 0 Å². The molecule has 0 spiro atoms. The van der Waals surface area contributed by atoms with Crippen molar-refractivity contribution in [3.8, 4) is 0 Å². The van der Waals surface area contributed by atoms with E-state index in [9.17, 15) is 9.59 Å². The summed E-state index contributed by atoms with van der Waals surface area (Å²) in [6.07, 6.45) is 4.81. The number of amides is 1. The molecule has 2 rings (SSSR count). The van der Waals surface area contributed by atoms with E-state index >= 15 is 0 Å². The Hall–Kier alpha value is -2.10. The maximum Gasteiger partial charge on any atom is 0.309 e. The molecule has 118 valence electrons. The Kier molecular flexibility index (Phi) is 5.75. The fourth-order valence-electron chi connectivity index (χ4n) is 2.55. The number of esters is 1. The van der Waals surface area contributed by atoms with Gasteiger partial charge in [-0.1, -0.05) is 29.8 Å². The van der Waals surface area contributed by atoms with Gasteiger partial charge in [0.15, 0.2) is 0 Å². The van der Waals surface area contributed by atoms with E-state index in [2.05, 4.69) is 0 Å². The summed E-state index contributed by atoms with van der Waals surface area (Å²) in [5.41, 5.74) is 2.21. The zero-order valence-corrected chi connectivity index (χ0v) is 13.2. The number of hydrogen-bond donors (Lipinski definition) is 0. The Morgan fingerprint density at radius 2 is 1.86 bits per heavy atom. The first-order chi connectivity index (χ1) is 10.6. The maximum absolute atomic E-state index is 12.2. The molecule has 0 bridgehead atoms. The van der Waals surface area contributed by atoms with Crippen molar-refractivity contribution in [1.82, 2.24) is 4.90 Å². The number of carbonyl (C=O) groups is 2. The van der Waals surface area contributed by atoms with E-state index in [4.69, 9.17) is 4.74 Å². The molecule has 0 aliphatic carbocycles. The van der Waals surface area contributed by atoms with Crippen molar-refractivity contribution in [3.05, 3.63) is 41.5 Å². The number of ether oxygens (including phenoxy) is 1. The number of nitrogens with zero attached hydrogens (tertiary/aromatic N) is 1. The van der Waals surface area contributed by atoms with Crippen LogP contribution in [0.3, 0.4) is 0 Å². The molecule has 0 saturated carbocycles. The predicted molar refractivity (Wildman–Crippen MR) is 86.2 cm³/mol. The van der Waals surface area contributed by atoms with Crippen LogP contribution in [0.1, 0.15) is 30.9 Å². The molecule has 0 N–H and O–H groups in total. The SMILES string of the molecule is CCOC(=O)C1CCN(C(=O)/C=C/c2ccc(C)cc2)CC1. The zero-order valence-electron chi connectivity index (χ0n) is 13.2. The van der Waals surface area contributed by atoms with Crippen molar-refractivity contribution in [3.63, 3.8) is 0 Å². The van der Waals surface area contributed by atoms with E-state index in [1.54, 1.807) is 11.0 Å². The number of piperidine rings is 1. The molecule has 0 unspecified atom stereocenters. The van der Waals surface area contributed by atoms with Crippen molar-refractivity contribution in [2.75, 3.05) is 19.7 Å². The molecule has 4 heteroatoms. The largest absolute Gasteiger partial charge is 0.466 e. The van der Waals surface area contributed by atoms with Gasteiger partial charge in [0.25, 0.3) is 0 Å². The molecule has 22 heavy (non-hydrogen) atoms. The van der Waals surface area contributed by atoms with Gasteiger partial charge in [0.2, 0.25) is 5.91 Å². The second-order valence-corrected chi connectivity index (χ2v) is 5.60. The van der Waals surface area contributed by atoms with E-state index in [1.807, 2.05) is 44.2 Å². The Morgan fingerprint density at radius 1 is 1.23 bits per heavy atom. The van der Waals surface area contributed by atoms with E-state index in [-0.39, 0.29) is 17.8 Å². The van der Waals surface area contributed by atoms with Crippen LogP contribution in [0.25, 0.3) is 6.08 Å². The fourth-order valence-corrected chi connectivity index (χ4v) is 2.55. The lowest BCUT2D eigenvalue weighted by Gasteiger charge is -2.30. The second kappa shape index (κ2) is 7.78. The van der Waals surface area contributed by atoms with Gasteiger partial charge in [-0.2, -0.15) is 0 Å². The first-order valence-electron chi connectivity index (χ1n) is 7.80. The van der Waals surface area contributed by atoms with Crippen molar-refractivity contribution in [2.24, 2.45) is 5.92 Å². The van der Waals surface area contributed by atoms with Crippen molar-refractivity contribution in [2.45, 2.75) is 26.7 Å². The van der Waals surface area contributed by atoms with Crippen LogP contribution in [0, 0.1) is 12.8 Å². The third-order valence-corrected chi connectivity index (χ3v) is 3.92. The minimum Gasteiger partial charge on any atom is -0.466 e. The summed E-state index contributed by atoms with van der Waals surface area (Å²) in [6.45, 7) is 5.48. The first kappa shape index (κ1) is 16.3. The second-order valence-electron chi connectivity index (χ2n) is 5.60. The Balaban J connectivity index is 1.84. The molecule has 0 atom stereocenters. The van der Waals surface area contributed by atoms with Gasteiger partial charge in [-0.25, -0.2) is 0 Å². The summed E-state index contributed by atoms with van der Waals surface area (Å²) < 4.78 is 5.04. The van der Waals surface area contributed by atoms with E-state index in [1.165, 1.54) is 5.56 Å². The number of likely N-dealkylation sites (tertiary alicyclic amines) is 1. The summed E-state index contributed by atoms with van der Waals surface area (Å²) >= 11 is 0. The van der Waals surface area contributed by atoms with Crippen LogP contribution in [-0.2, 0) is 14.3 Å². The number of hydrogen-bond acceptors (Lipinski definition) is 3. The molecule has 1 aliphatic heterocycles. The molecular formula is C18H23NO3. The third-order valence-electron chi connectivity index (χ3n) is 3.92. The van der Waals surface area contributed by atoms with Gasteiger partial charge in [-0.3, -0.25) is 9.59 Å². The van der Waals surface area contributed by atoms with Crippen LogP contribution < -0.4 is 0 Å². The van der Waals surface area contributed by atoms with Crippen LogP contribution in [0.15, 0.2) is 30.3 Å². The fraction of sp³-hybridized carbons (Fsp3) is 0.444. The minimum atomic E-state index is -0.134. The highest BCUT2D eigenvalue weighted by Crippen LogP contribution is 2.19. The lowest BCUT2D eigenvalue weighted by atomic mass is 9.97. The van der Waals surface area contributed by atoms with Crippen molar-refractivity contribution in [1.29, 1.82) is 0 Å². The quantitative estimate of drug-likeness (QED) is 0.634. The highest BCUT2D eigenvalue weighted by Gasteiger charge is 2.27. The smallest absolute Gasteiger partial charge is 0.309 e. The molecule has 4 nitrogen and oxygen atoms in total. The molecule has 1 amide bonds. The highest BCUT2D eigenvalue weighted by molar-refractivity contribution is 5.92.